The number of fused-ring (bicyclic) bond motifs is 1. The summed E-state index contributed by atoms with van der Waals surface area (Å²) in [7, 11) is 0. The number of carbonyl (C=O) groups excluding carboxylic acids is 1. The zero-order valence-corrected chi connectivity index (χ0v) is 11.1. The number of anilines is 1. The lowest BCUT2D eigenvalue weighted by molar-refractivity contribution is 0.1000. The fraction of sp³-hybridized carbons (Fsp3) is 0. The minimum Gasteiger partial charge on any atom is -0.455 e. The number of nitrogens with zero attached hydrogens (tertiary/aromatic N) is 1. The molecule has 0 unspecified atom stereocenters. The lowest BCUT2D eigenvalue weighted by Crippen LogP contribution is -2.11. The molecule has 21 heavy (non-hydrogen) atoms. The molecule has 1 heterocycles. The summed E-state index contributed by atoms with van der Waals surface area (Å²) in [5.41, 5.74) is 12.7. The fourth-order valence-corrected chi connectivity index (χ4v) is 2.01. The summed E-state index contributed by atoms with van der Waals surface area (Å²) in [6.45, 7) is 0. The lowest BCUT2D eigenvalue weighted by Gasteiger charge is -2.10. The van der Waals surface area contributed by atoms with Crippen LogP contribution in [0.5, 0.6) is 11.5 Å². The van der Waals surface area contributed by atoms with E-state index in [1.807, 2.05) is 30.3 Å². The van der Waals surface area contributed by atoms with Gasteiger partial charge in [0.1, 0.15) is 5.75 Å². The number of hydrogen-bond acceptors (Lipinski definition) is 4. The largest absolute Gasteiger partial charge is 0.455 e. The van der Waals surface area contributed by atoms with Gasteiger partial charge in [-0.3, -0.25) is 9.78 Å². The molecule has 3 aromatic rings. The molecule has 0 saturated heterocycles. The van der Waals surface area contributed by atoms with E-state index in [4.69, 9.17) is 16.2 Å². The van der Waals surface area contributed by atoms with Gasteiger partial charge < -0.3 is 16.2 Å². The van der Waals surface area contributed by atoms with Crippen molar-refractivity contribution in [2.45, 2.75) is 0 Å². The number of benzene rings is 2. The molecule has 104 valence electrons. The first-order valence-corrected chi connectivity index (χ1v) is 6.35. The maximum Gasteiger partial charge on any atom is 0.248 e. The minimum absolute atomic E-state index is 0.345. The second-order valence-electron chi connectivity index (χ2n) is 4.58. The number of amides is 1. The summed E-state index contributed by atoms with van der Waals surface area (Å²) in [6.07, 6.45) is 1.72. The molecule has 3 rings (SSSR count). The highest BCUT2D eigenvalue weighted by molar-refractivity contribution is 5.93. The molecular weight excluding hydrogens is 266 g/mol. The molecule has 0 atom stereocenters. The topological polar surface area (TPSA) is 91.2 Å². The summed E-state index contributed by atoms with van der Waals surface area (Å²) >= 11 is 0. The number of pyridine rings is 1. The van der Waals surface area contributed by atoms with E-state index in [2.05, 4.69) is 4.98 Å². The van der Waals surface area contributed by atoms with Crippen molar-refractivity contribution in [2.24, 2.45) is 5.73 Å². The molecule has 0 radical (unpaired) electrons. The number of nitrogen functional groups attached to an aromatic ring is 1. The van der Waals surface area contributed by atoms with E-state index >= 15 is 0 Å². The Morgan fingerprint density at radius 2 is 1.95 bits per heavy atom. The molecule has 0 bridgehead atoms. The third-order valence-electron chi connectivity index (χ3n) is 3.10. The number of nitrogens with two attached hydrogens (primary N) is 2. The third kappa shape index (κ3) is 2.62. The first-order valence-electron chi connectivity index (χ1n) is 6.35. The van der Waals surface area contributed by atoms with Crippen LogP contribution in [0.4, 0.5) is 5.69 Å². The Balaban J connectivity index is 1.98. The predicted octanol–water partition coefficient (Wildman–Crippen LogP) is 2.71. The van der Waals surface area contributed by atoms with E-state index in [1.165, 1.54) is 6.07 Å². The van der Waals surface area contributed by atoms with E-state index in [9.17, 15) is 4.79 Å². The van der Waals surface area contributed by atoms with Crippen molar-refractivity contribution in [1.82, 2.24) is 4.98 Å². The average Bonchev–Trinajstić information content (AvgIpc) is 2.49. The average molecular weight is 279 g/mol. The molecule has 2 aromatic carbocycles. The zero-order chi connectivity index (χ0) is 14.8. The molecule has 0 aliphatic heterocycles. The minimum atomic E-state index is -0.528. The van der Waals surface area contributed by atoms with Crippen molar-refractivity contribution in [1.29, 1.82) is 0 Å². The maximum atomic E-state index is 11.2. The van der Waals surface area contributed by atoms with Gasteiger partial charge in [0, 0.05) is 23.2 Å². The van der Waals surface area contributed by atoms with Crippen LogP contribution in [0.1, 0.15) is 10.4 Å². The van der Waals surface area contributed by atoms with E-state index in [-0.39, 0.29) is 0 Å². The van der Waals surface area contributed by atoms with Gasteiger partial charge in [-0.05, 0) is 36.4 Å². The Bertz CT molecular complexity index is 831. The molecule has 0 aliphatic rings. The first kappa shape index (κ1) is 12.9. The van der Waals surface area contributed by atoms with Gasteiger partial charge in [-0.15, -0.1) is 0 Å². The van der Waals surface area contributed by atoms with Crippen molar-refractivity contribution in [3.8, 4) is 11.5 Å². The van der Waals surface area contributed by atoms with Gasteiger partial charge in [0.2, 0.25) is 5.91 Å². The van der Waals surface area contributed by atoms with E-state index in [0.717, 1.165) is 10.9 Å². The maximum absolute atomic E-state index is 11.2. The van der Waals surface area contributed by atoms with Crippen LogP contribution < -0.4 is 16.2 Å². The molecule has 1 aromatic heterocycles. The van der Waals surface area contributed by atoms with Gasteiger partial charge in [0.05, 0.1) is 11.2 Å². The van der Waals surface area contributed by atoms with Crippen LogP contribution in [0.2, 0.25) is 0 Å². The Morgan fingerprint density at radius 3 is 2.76 bits per heavy atom. The number of rotatable bonds is 3. The van der Waals surface area contributed by atoms with Gasteiger partial charge in [-0.25, -0.2) is 0 Å². The smallest absolute Gasteiger partial charge is 0.248 e. The number of carbonyl (C=O) groups is 1. The first-order chi connectivity index (χ1) is 10.1. The zero-order valence-electron chi connectivity index (χ0n) is 11.1. The summed E-state index contributed by atoms with van der Waals surface area (Å²) in [5, 5.41) is 1.02. The summed E-state index contributed by atoms with van der Waals surface area (Å²) in [6, 6.07) is 14.1. The highest BCUT2D eigenvalue weighted by Crippen LogP contribution is 2.29. The Labute approximate surface area is 121 Å². The number of primary amides is 1. The molecule has 4 N–H and O–H groups in total. The van der Waals surface area contributed by atoms with Crippen LogP contribution in [0.15, 0.2) is 54.7 Å². The SMILES string of the molecule is NC(=O)c1ccc(N)c(Oc2ccc3cccnc3c2)c1. The van der Waals surface area contributed by atoms with Gasteiger partial charge in [-0.2, -0.15) is 0 Å². The number of aromatic nitrogens is 1. The van der Waals surface area contributed by atoms with Gasteiger partial charge in [-0.1, -0.05) is 6.07 Å². The Morgan fingerprint density at radius 1 is 1.10 bits per heavy atom. The standard InChI is InChI=1S/C16H13N3O2/c17-13-6-4-11(16(18)20)8-15(13)21-12-5-3-10-2-1-7-19-14(10)9-12/h1-9H,17H2,(H2,18,20). The molecule has 0 saturated carbocycles. The highest BCUT2D eigenvalue weighted by atomic mass is 16.5. The van der Waals surface area contributed by atoms with Crippen molar-refractivity contribution < 1.29 is 9.53 Å². The molecule has 0 aliphatic carbocycles. The van der Waals surface area contributed by atoms with Crippen molar-refractivity contribution in [3.05, 3.63) is 60.3 Å². The summed E-state index contributed by atoms with van der Waals surface area (Å²) < 4.78 is 5.74. The van der Waals surface area contributed by atoms with Crippen LogP contribution in [-0.2, 0) is 0 Å². The predicted molar refractivity (Wildman–Crippen MR) is 81.2 cm³/mol. The van der Waals surface area contributed by atoms with Crippen LogP contribution >= 0.6 is 0 Å². The Kier molecular flexibility index (Phi) is 3.16. The molecule has 0 spiro atoms. The van der Waals surface area contributed by atoms with Crippen LogP contribution in [0.3, 0.4) is 0 Å². The summed E-state index contributed by atoms with van der Waals surface area (Å²) in [5.74, 6) is 0.455. The van der Waals surface area contributed by atoms with Gasteiger partial charge >= 0.3 is 0 Å². The second kappa shape index (κ2) is 5.13. The van der Waals surface area contributed by atoms with Crippen LogP contribution in [-0.4, -0.2) is 10.9 Å². The Hall–Kier alpha value is -3.08. The molecule has 5 nitrogen and oxygen atoms in total. The van der Waals surface area contributed by atoms with E-state index in [0.29, 0.717) is 22.7 Å². The second-order valence-corrected chi connectivity index (χ2v) is 4.58. The van der Waals surface area contributed by atoms with E-state index < -0.39 is 5.91 Å². The molecule has 5 heteroatoms. The molecular formula is C16H13N3O2. The third-order valence-corrected chi connectivity index (χ3v) is 3.10. The number of hydrogen-bond donors (Lipinski definition) is 2. The monoisotopic (exact) mass is 279 g/mol. The van der Waals surface area contributed by atoms with Crippen LogP contribution in [0, 0.1) is 0 Å². The molecule has 1 amide bonds. The normalized spacial score (nSPS) is 10.5. The summed E-state index contributed by atoms with van der Waals surface area (Å²) in [4.78, 5) is 15.5. The lowest BCUT2D eigenvalue weighted by atomic mass is 10.2. The quantitative estimate of drug-likeness (QED) is 0.721. The van der Waals surface area contributed by atoms with Crippen molar-refractivity contribution in [2.75, 3.05) is 5.73 Å². The fourth-order valence-electron chi connectivity index (χ4n) is 2.01. The van der Waals surface area contributed by atoms with Gasteiger partial charge in [0.15, 0.2) is 5.75 Å². The van der Waals surface area contributed by atoms with Crippen molar-refractivity contribution in [3.63, 3.8) is 0 Å². The van der Waals surface area contributed by atoms with Gasteiger partial charge in [0.25, 0.3) is 0 Å². The number of ether oxygens (including phenoxy) is 1. The van der Waals surface area contributed by atoms with Crippen molar-refractivity contribution >= 4 is 22.5 Å². The highest BCUT2D eigenvalue weighted by Gasteiger charge is 2.08. The van der Waals surface area contributed by atoms with E-state index in [1.54, 1.807) is 18.3 Å². The van der Waals surface area contributed by atoms with Crippen LogP contribution in [0.25, 0.3) is 10.9 Å². The molecule has 0 fully saturated rings.